The van der Waals surface area contributed by atoms with E-state index in [1.54, 1.807) is 11.3 Å². The SMILES string of the molecule is O=C(CSc1nc2ccccc2[nH]1)NCCc1cccs1. The zero-order chi connectivity index (χ0) is 14.5. The summed E-state index contributed by atoms with van der Waals surface area (Å²) in [4.78, 5) is 20.7. The summed E-state index contributed by atoms with van der Waals surface area (Å²) in [6.07, 6.45) is 0.888. The molecule has 0 aliphatic carbocycles. The lowest BCUT2D eigenvalue weighted by Gasteiger charge is -2.02. The van der Waals surface area contributed by atoms with Crippen LogP contribution in [0.4, 0.5) is 0 Å². The highest BCUT2D eigenvalue weighted by molar-refractivity contribution is 7.99. The van der Waals surface area contributed by atoms with Crippen molar-refractivity contribution in [2.75, 3.05) is 12.3 Å². The minimum Gasteiger partial charge on any atom is -0.355 e. The van der Waals surface area contributed by atoms with E-state index in [9.17, 15) is 4.79 Å². The van der Waals surface area contributed by atoms with Gasteiger partial charge in [0, 0.05) is 11.4 Å². The van der Waals surface area contributed by atoms with Gasteiger partial charge in [0.05, 0.1) is 16.8 Å². The zero-order valence-electron chi connectivity index (χ0n) is 11.3. The molecule has 0 unspecified atom stereocenters. The number of hydrogen-bond donors (Lipinski definition) is 2. The number of imidazole rings is 1. The van der Waals surface area contributed by atoms with Crippen LogP contribution >= 0.6 is 23.1 Å². The monoisotopic (exact) mass is 317 g/mol. The van der Waals surface area contributed by atoms with Gasteiger partial charge in [0.15, 0.2) is 5.16 Å². The number of rotatable bonds is 6. The molecule has 108 valence electrons. The van der Waals surface area contributed by atoms with Crippen molar-refractivity contribution in [1.82, 2.24) is 15.3 Å². The van der Waals surface area contributed by atoms with E-state index in [0.29, 0.717) is 12.3 Å². The highest BCUT2D eigenvalue weighted by atomic mass is 32.2. The Bertz CT molecular complexity index is 688. The number of nitrogens with zero attached hydrogens (tertiary/aromatic N) is 1. The Labute approximate surface area is 131 Å². The fraction of sp³-hybridized carbons (Fsp3) is 0.200. The third-order valence-electron chi connectivity index (χ3n) is 2.98. The van der Waals surface area contributed by atoms with Gasteiger partial charge in [-0.15, -0.1) is 11.3 Å². The Morgan fingerprint density at radius 2 is 2.19 bits per heavy atom. The minimum absolute atomic E-state index is 0.0389. The van der Waals surface area contributed by atoms with Gasteiger partial charge >= 0.3 is 0 Å². The van der Waals surface area contributed by atoms with Crippen molar-refractivity contribution < 1.29 is 4.79 Å². The van der Waals surface area contributed by atoms with Crippen LogP contribution in [-0.2, 0) is 11.2 Å². The number of hydrogen-bond acceptors (Lipinski definition) is 4. The second-order valence-corrected chi connectivity index (χ2v) is 6.52. The lowest BCUT2D eigenvalue weighted by Crippen LogP contribution is -2.27. The zero-order valence-corrected chi connectivity index (χ0v) is 13.0. The van der Waals surface area contributed by atoms with Crippen molar-refractivity contribution in [2.24, 2.45) is 0 Å². The van der Waals surface area contributed by atoms with E-state index in [1.807, 2.05) is 30.3 Å². The summed E-state index contributed by atoms with van der Waals surface area (Å²) in [6, 6.07) is 12.0. The van der Waals surface area contributed by atoms with Gasteiger partial charge in [-0.2, -0.15) is 0 Å². The van der Waals surface area contributed by atoms with Crippen molar-refractivity contribution in [3.63, 3.8) is 0 Å². The number of thiophene rings is 1. The average molecular weight is 317 g/mol. The second-order valence-electron chi connectivity index (χ2n) is 4.53. The summed E-state index contributed by atoms with van der Waals surface area (Å²) >= 11 is 3.14. The number of amides is 1. The molecule has 0 fully saturated rings. The maximum atomic E-state index is 11.8. The Kier molecular flexibility index (Phi) is 4.57. The van der Waals surface area contributed by atoms with E-state index in [4.69, 9.17) is 0 Å². The first-order valence-corrected chi connectivity index (χ1v) is 8.54. The predicted octanol–water partition coefficient (Wildman–Crippen LogP) is 3.08. The molecule has 0 aliphatic heterocycles. The predicted molar refractivity (Wildman–Crippen MR) is 87.9 cm³/mol. The lowest BCUT2D eigenvalue weighted by atomic mass is 10.3. The number of H-pyrrole nitrogens is 1. The number of carbonyl (C=O) groups is 1. The van der Waals surface area contributed by atoms with Crippen molar-refractivity contribution in [2.45, 2.75) is 11.6 Å². The summed E-state index contributed by atoms with van der Waals surface area (Å²) in [5.74, 6) is 0.418. The highest BCUT2D eigenvalue weighted by Gasteiger charge is 2.06. The molecule has 2 N–H and O–H groups in total. The van der Waals surface area contributed by atoms with Crippen LogP contribution in [0.5, 0.6) is 0 Å². The fourth-order valence-corrected chi connectivity index (χ4v) is 3.39. The number of aromatic amines is 1. The highest BCUT2D eigenvalue weighted by Crippen LogP contribution is 2.18. The van der Waals surface area contributed by atoms with Crippen LogP contribution in [0.25, 0.3) is 11.0 Å². The molecule has 3 aromatic rings. The maximum Gasteiger partial charge on any atom is 0.230 e. The maximum absolute atomic E-state index is 11.8. The van der Waals surface area contributed by atoms with E-state index in [1.165, 1.54) is 16.6 Å². The van der Waals surface area contributed by atoms with Crippen LogP contribution in [-0.4, -0.2) is 28.2 Å². The molecule has 2 aromatic heterocycles. The number of aromatic nitrogens is 2. The van der Waals surface area contributed by atoms with Crippen LogP contribution < -0.4 is 5.32 Å². The van der Waals surface area contributed by atoms with Gasteiger partial charge in [0.25, 0.3) is 0 Å². The standard InChI is InChI=1S/C15H15N3OS2/c19-14(16-8-7-11-4-3-9-20-11)10-21-15-17-12-5-1-2-6-13(12)18-15/h1-6,9H,7-8,10H2,(H,16,19)(H,17,18). The molecule has 0 spiro atoms. The number of para-hydroxylation sites is 2. The number of carbonyl (C=O) groups excluding carboxylic acids is 1. The Hall–Kier alpha value is -1.79. The molecule has 2 heterocycles. The van der Waals surface area contributed by atoms with Gasteiger partial charge < -0.3 is 10.3 Å². The van der Waals surface area contributed by atoms with Gasteiger partial charge in [0.1, 0.15) is 0 Å². The van der Waals surface area contributed by atoms with Crippen molar-refractivity contribution >= 4 is 40.0 Å². The molecule has 0 bridgehead atoms. The first-order valence-electron chi connectivity index (χ1n) is 6.68. The van der Waals surface area contributed by atoms with Gasteiger partial charge in [-0.3, -0.25) is 4.79 Å². The molecular formula is C15H15N3OS2. The van der Waals surface area contributed by atoms with Crippen LogP contribution in [0.3, 0.4) is 0 Å². The molecule has 3 rings (SSSR count). The van der Waals surface area contributed by atoms with Gasteiger partial charge in [0.2, 0.25) is 5.91 Å². The molecule has 0 saturated carbocycles. The molecule has 4 nitrogen and oxygen atoms in total. The topological polar surface area (TPSA) is 57.8 Å². The molecular weight excluding hydrogens is 302 g/mol. The normalized spacial score (nSPS) is 10.9. The molecule has 0 saturated heterocycles. The molecule has 1 amide bonds. The van der Waals surface area contributed by atoms with Crippen molar-refractivity contribution in [3.8, 4) is 0 Å². The molecule has 6 heteroatoms. The van der Waals surface area contributed by atoms with Gasteiger partial charge in [-0.05, 0) is 30.0 Å². The van der Waals surface area contributed by atoms with Crippen LogP contribution in [0, 0.1) is 0 Å². The average Bonchev–Trinajstić information content (AvgIpc) is 3.13. The summed E-state index contributed by atoms with van der Waals surface area (Å²) in [5, 5.41) is 5.76. The Morgan fingerprint density at radius 3 is 3.00 bits per heavy atom. The van der Waals surface area contributed by atoms with Crippen molar-refractivity contribution in [3.05, 3.63) is 46.7 Å². The third kappa shape index (κ3) is 3.86. The molecule has 0 radical (unpaired) electrons. The van der Waals surface area contributed by atoms with E-state index in [0.717, 1.165) is 22.6 Å². The number of thioether (sulfide) groups is 1. The number of nitrogens with one attached hydrogen (secondary N) is 2. The van der Waals surface area contributed by atoms with Crippen LogP contribution in [0.15, 0.2) is 46.9 Å². The van der Waals surface area contributed by atoms with E-state index in [-0.39, 0.29) is 5.91 Å². The van der Waals surface area contributed by atoms with Gasteiger partial charge in [-0.1, -0.05) is 30.0 Å². The minimum atomic E-state index is 0.0389. The summed E-state index contributed by atoms with van der Waals surface area (Å²) in [7, 11) is 0. The summed E-state index contributed by atoms with van der Waals surface area (Å²) < 4.78 is 0. The summed E-state index contributed by atoms with van der Waals surface area (Å²) in [6.45, 7) is 0.681. The van der Waals surface area contributed by atoms with Crippen LogP contribution in [0.2, 0.25) is 0 Å². The van der Waals surface area contributed by atoms with Crippen LogP contribution in [0.1, 0.15) is 4.88 Å². The largest absolute Gasteiger partial charge is 0.355 e. The Balaban J connectivity index is 1.44. The smallest absolute Gasteiger partial charge is 0.230 e. The summed E-state index contributed by atoms with van der Waals surface area (Å²) in [5.41, 5.74) is 1.93. The fourth-order valence-electron chi connectivity index (χ4n) is 1.96. The molecule has 21 heavy (non-hydrogen) atoms. The van der Waals surface area contributed by atoms with E-state index in [2.05, 4.69) is 26.7 Å². The number of benzene rings is 1. The molecule has 0 atom stereocenters. The first-order chi connectivity index (χ1) is 10.3. The molecule has 0 aliphatic rings. The first kappa shape index (κ1) is 14.2. The van der Waals surface area contributed by atoms with E-state index >= 15 is 0 Å². The quantitative estimate of drug-likeness (QED) is 0.687. The van der Waals surface area contributed by atoms with Crippen molar-refractivity contribution in [1.29, 1.82) is 0 Å². The third-order valence-corrected chi connectivity index (χ3v) is 4.79. The second kappa shape index (κ2) is 6.78. The number of fused-ring (bicyclic) bond motifs is 1. The molecule has 1 aromatic carbocycles. The Morgan fingerprint density at radius 1 is 1.29 bits per heavy atom. The lowest BCUT2D eigenvalue weighted by molar-refractivity contribution is -0.118. The van der Waals surface area contributed by atoms with E-state index < -0.39 is 0 Å². The van der Waals surface area contributed by atoms with Gasteiger partial charge in [-0.25, -0.2) is 4.98 Å².